The van der Waals surface area contributed by atoms with Crippen LogP contribution in [-0.2, 0) is 38.2 Å². The van der Waals surface area contributed by atoms with E-state index in [9.17, 15) is 28.8 Å². The number of hydrogen-bond donors (Lipinski definition) is 2. The highest BCUT2D eigenvalue weighted by atomic mass is 32.2. The molecule has 0 aromatic heterocycles. The molecule has 1 atom stereocenters. The van der Waals surface area contributed by atoms with Crippen LogP contribution in [0.25, 0.3) is 0 Å². The fourth-order valence-electron chi connectivity index (χ4n) is 2.28. The minimum Gasteiger partial charge on any atom is -0.465 e. The van der Waals surface area contributed by atoms with Crippen molar-refractivity contribution < 1.29 is 38.2 Å². The quantitative estimate of drug-likeness (QED) is 0.447. The summed E-state index contributed by atoms with van der Waals surface area (Å²) >= 11 is 1.01. The van der Waals surface area contributed by atoms with Crippen molar-refractivity contribution in [1.29, 1.82) is 0 Å². The summed E-state index contributed by atoms with van der Waals surface area (Å²) < 4.78 is 10.2. The van der Waals surface area contributed by atoms with Crippen LogP contribution in [0.15, 0.2) is 0 Å². The molecule has 1 fully saturated rings. The monoisotopic (exact) mass is 430 g/mol. The molecule has 11 heteroatoms. The van der Waals surface area contributed by atoms with Gasteiger partial charge in [0.1, 0.15) is 6.61 Å². The zero-order chi connectivity index (χ0) is 22.0. The molecule has 0 aromatic carbocycles. The predicted octanol–water partition coefficient (Wildman–Crippen LogP) is -0.267. The number of esters is 2. The number of rotatable bonds is 2. The van der Waals surface area contributed by atoms with Gasteiger partial charge in [-0.3, -0.25) is 24.0 Å². The fourth-order valence-corrected chi connectivity index (χ4v) is 2.96. The molecule has 162 valence electrons. The van der Waals surface area contributed by atoms with E-state index in [4.69, 9.17) is 9.47 Å². The first kappa shape index (κ1) is 24.6. The summed E-state index contributed by atoms with van der Waals surface area (Å²) in [5.74, 6) is -3.40. The van der Waals surface area contributed by atoms with Gasteiger partial charge >= 0.3 is 11.9 Å². The van der Waals surface area contributed by atoms with Gasteiger partial charge < -0.3 is 20.1 Å². The Morgan fingerprint density at radius 2 is 1.76 bits per heavy atom. The Kier molecular flexibility index (Phi) is 9.79. The van der Waals surface area contributed by atoms with Crippen molar-refractivity contribution in [2.45, 2.75) is 46.1 Å². The molecule has 0 saturated carbocycles. The topological polar surface area (TPSA) is 145 Å². The highest BCUT2D eigenvalue weighted by Gasteiger charge is 2.40. The van der Waals surface area contributed by atoms with E-state index in [0.29, 0.717) is 5.75 Å². The van der Waals surface area contributed by atoms with E-state index in [0.717, 1.165) is 18.7 Å². The minimum absolute atomic E-state index is 0.0207. The van der Waals surface area contributed by atoms with Gasteiger partial charge in [0.05, 0.1) is 6.42 Å². The summed E-state index contributed by atoms with van der Waals surface area (Å²) in [4.78, 5) is 71.0. The highest BCUT2D eigenvalue weighted by Crippen LogP contribution is 2.25. The number of nitrogens with one attached hydrogen (secondary N) is 2. The largest absolute Gasteiger partial charge is 0.465 e. The minimum atomic E-state index is -1.43. The van der Waals surface area contributed by atoms with Crippen molar-refractivity contribution in [3.63, 3.8) is 0 Å². The van der Waals surface area contributed by atoms with Gasteiger partial charge in [-0.25, -0.2) is 4.79 Å². The molecule has 10 nitrogen and oxygen atoms in total. The van der Waals surface area contributed by atoms with Crippen LogP contribution in [0.2, 0.25) is 0 Å². The molecular weight excluding hydrogens is 404 g/mol. The number of Topliss-reactive ketones (excluding diaryl/α,β-unsaturated/α-hetero) is 1. The van der Waals surface area contributed by atoms with Crippen molar-refractivity contribution in [2.24, 2.45) is 5.41 Å². The molecule has 1 aliphatic rings. The summed E-state index contributed by atoms with van der Waals surface area (Å²) in [6.45, 7) is 4.02. The molecule has 1 heterocycles. The zero-order valence-electron chi connectivity index (χ0n) is 16.7. The molecule has 1 saturated heterocycles. The van der Waals surface area contributed by atoms with Crippen LogP contribution in [0.5, 0.6) is 0 Å². The Morgan fingerprint density at radius 3 is 2.41 bits per heavy atom. The molecule has 0 aromatic rings. The van der Waals surface area contributed by atoms with Gasteiger partial charge in [0.15, 0.2) is 11.2 Å². The summed E-state index contributed by atoms with van der Waals surface area (Å²) in [6.07, 6.45) is -1.62. The normalized spacial score (nSPS) is 22.5. The SMILES string of the molecule is CC(=O)C(=O)O[C@H]1C(=O)NCCC(=O)NCCSC(=O)CCC(=O)OCC1(C)C. The van der Waals surface area contributed by atoms with Gasteiger partial charge in [-0.05, 0) is 0 Å². The van der Waals surface area contributed by atoms with Crippen LogP contribution in [0.4, 0.5) is 0 Å². The van der Waals surface area contributed by atoms with E-state index in [1.165, 1.54) is 13.8 Å². The van der Waals surface area contributed by atoms with Gasteiger partial charge in [0.25, 0.3) is 5.91 Å². The lowest BCUT2D eigenvalue weighted by molar-refractivity contribution is -0.171. The number of hydrogen-bond acceptors (Lipinski definition) is 9. The molecule has 0 aliphatic carbocycles. The van der Waals surface area contributed by atoms with E-state index < -0.39 is 35.1 Å². The van der Waals surface area contributed by atoms with Gasteiger partial charge in [0, 0.05) is 44.0 Å². The molecule has 1 rings (SSSR count). The maximum atomic E-state index is 12.5. The van der Waals surface area contributed by atoms with Crippen LogP contribution in [-0.4, -0.2) is 66.2 Å². The van der Waals surface area contributed by atoms with E-state index in [1.807, 2.05) is 0 Å². The van der Waals surface area contributed by atoms with Crippen molar-refractivity contribution in [3.05, 3.63) is 0 Å². The Labute approximate surface area is 172 Å². The van der Waals surface area contributed by atoms with Crippen LogP contribution < -0.4 is 10.6 Å². The standard InChI is InChI=1S/C18H26N2O8S/c1-11(21)17(26)28-15-16(25)20-7-6-12(22)19-8-9-29-14(24)5-4-13(23)27-10-18(15,2)3/h15H,4-10H2,1-3H3,(H,19,22)(H,20,25)/t15-/m0/s1. The second-order valence-electron chi connectivity index (χ2n) is 7.10. The van der Waals surface area contributed by atoms with Gasteiger partial charge in [0.2, 0.25) is 11.7 Å². The molecule has 2 amide bonds. The number of ether oxygens (including phenoxy) is 2. The maximum Gasteiger partial charge on any atom is 0.375 e. The average molecular weight is 430 g/mol. The number of carbonyl (C=O) groups excluding carboxylic acids is 6. The van der Waals surface area contributed by atoms with E-state index in [-0.39, 0.29) is 50.0 Å². The van der Waals surface area contributed by atoms with Crippen LogP contribution >= 0.6 is 11.8 Å². The van der Waals surface area contributed by atoms with Crippen molar-refractivity contribution in [3.8, 4) is 0 Å². The Bertz CT molecular complexity index is 677. The summed E-state index contributed by atoms with van der Waals surface area (Å²) in [7, 11) is 0. The average Bonchev–Trinajstić information content (AvgIpc) is 2.65. The molecular formula is C18H26N2O8S. The third-order valence-corrected chi connectivity index (χ3v) is 4.87. The number of amides is 2. The summed E-state index contributed by atoms with van der Waals surface area (Å²) in [5, 5.41) is 4.89. The maximum absolute atomic E-state index is 12.5. The summed E-state index contributed by atoms with van der Waals surface area (Å²) in [5.41, 5.74) is -1.17. The Morgan fingerprint density at radius 1 is 1.07 bits per heavy atom. The molecule has 1 aliphatic heterocycles. The van der Waals surface area contributed by atoms with Crippen molar-refractivity contribution in [1.82, 2.24) is 10.6 Å². The number of cyclic esters (lactones) is 1. The molecule has 0 unspecified atom stereocenters. The third-order valence-electron chi connectivity index (χ3n) is 3.94. The van der Waals surface area contributed by atoms with Crippen LogP contribution in [0, 0.1) is 5.41 Å². The van der Waals surface area contributed by atoms with Gasteiger partial charge in [-0.1, -0.05) is 25.6 Å². The molecule has 0 radical (unpaired) electrons. The van der Waals surface area contributed by atoms with Gasteiger partial charge in [-0.15, -0.1) is 0 Å². The van der Waals surface area contributed by atoms with Crippen LogP contribution in [0.3, 0.4) is 0 Å². The predicted molar refractivity (Wildman–Crippen MR) is 103 cm³/mol. The second-order valence-corrected chi connectivity index (χ2v) is 8.25. The Hall–Kier alpha value is -2.43. The first-order chi connectivity index (χ1) is 13.5. The molecule has 0 spiro atoms. The Balaban J connectivity index is 2.95. The lowest BCUT2D eigenvalue weighted by atomic mass is 9.86. The number of ketones is 1. The molecule has 2 N–H and O–H groups in total. The van der Waals surface area contributed by atoms with E-state index in [2.05, 4.69) is 10.6 Å². The van der Waals surface area contributed by atoms with E-state index in [1.54, 1.807) is 0 Å². The fraction of sp³-hybridized carbons (Fsp3) is 0.667. The summed E-state index contributed by atoms with van der Waals surface area (Å²) in [6, 6.07) is 0. The number of thioether (sulfide) groups is 1. The molecule has 29 heavy (non-hydrogen) atoms. The first-order valence-electron chi connectivity index (χ1n) is 9.10. The van der Waals surface area contributed by atoms with Crippen molar-refractivity contribution in [2.75, 3.05) is 25.4 Å². The second kappa shape index (κ2) is 11.5. The first-order valence-corrected chi connectivity index (χ1v) is 10.1. The smallest absolute Gasteiger partial charge is 0.375 e. The number of carbonyl (C=O) groups is 6. The van der Waals surface area contributed by atoms with E-state index >= 15 is 0 Å². The van der Waals surface area contributed by atoms with Crippen LogP contribution in [0.1, 0.15) is 40.0 Å². The lowest BCUT2D eigenvalue weighted by Gasteiger charge is -2.32. The lowest BCUT2D eigenvalue weighted by Crippen LogP contribution is -2.50. The van der Waals surface area contributed by atoms with Crippen molar-refractivity contribution >= 4 is 46.4 Å². The third kappa shape index (κ3) is 9.07. The molecule has 0 bridgehead atoms. The highest BCUT2D eigenvalue weighted by molar-refractivity contribution is 8.13. The van der Waals surface area contributed by atoms with Gasteiger partial charge in [-0.2, -0.15) is 0 Å². The zero-order valence-corrected chi connectivity index (χ0v) is 17.5.